The van der Waals surface area contributed by atoms with Gasteiger partial charge in [0, 0.05) is 12.1 Å². The van der Waals surface area contributed by atoms with Crippen molar-refractivity contribution < 1.29 is 28.2 Å². The lowest BCUT2D eigenvalue weighted by molar-refractivity contribution is -0.147. The van der Waals surface area contributed by atoms with Crippen LogP contribution in [0.3, 0.4) is 0 Å². The molecular weight excluding hydrogens is 364 g/mol. The molecule has 7 heteroatoms. The van der Waals surface area contributed by atoms with E-state index in [1.807, 2.05) is 0 Å². The highest BCUT2D eigenvalue weighted by Crippen LogP contribution is 2.29. The van der Waals surface area contributed by atoms with Gasteiger partial charge in [0.25, 0.3) is 0 Å². The van der Waals surface area contributed by atoms with Gasteiger partial charge >= 0.3 is 5.97 Å². The first-order chi connectivity index (χ1) is 13.4. The van der Waals surface area contributed by atoms with Crippen LogP contribution < -0.4 is 19.6 Å². The Morgan fingerprint density at radius 2 is 1.79 bits per heavy atom. The van der Waals surface area contributed by atoms with Crippen molar-refractivity contribution in [2.75, 3.05) is 14.2 Å². The van der Waals surface area contributed by atoms with Gasteiger partial charge in [0.1, 0.15) is 28.6 Å². The summed E-state index contributed by atoms with van der Waals surface area (Å²) in [6.45, 7) is 3.21. The van der Waals surface area contributed by atoms with Crippen LogP contribution in [0.4, 0.5) is 0 Å². The SMILES string of the molecule is COC(=O)[C@H](C)Oc1ccc2c(=O)c(Oc3cccc(OC)c3)c(C)oc2c1. The van der Waals surface area contributed by atoms with Gasteiger partial charge in [-0.15, -0.1) is 0 Å². The summed E-state index contributed by atoms with van der Waals surface area (Å²) in [5.74, 6) is 1.37. The number of ether oxygens (including phenoxy) is 4. The maximum atomic E-state index is 12.9. The molecule has 0 aliphatic carbocycles. The van der Waals surface area contributed by atoms with E-state index in [9.17, 15) is 9.59 Å². The molecular formula is C21H20O7. The molecule has 2 aromatic carbocycles. The molecule has 3 aromatic rings. The maximum Gasteiger partial charge on any atom is 0.346 e. The second kappa shape index (κ2) is 8.04. The first-order valence-corrected chi connectivity index (χ1v) is 8.56. The minimum absolute atomic E-state index is 0.0948. The van der Waals surface area contributed by atoms with E-state index in [1.54, 1.807) is 63.4 Å². The van der Waals surface area contributed by atoms with Crippen LogP contribution in [0.5, 0.6) is 23.0 Å². The van der Waals surface area contributed by atoms with Crippen molar-refractivity contribution in [2.24, 2.45) is 0 Å². The van der Waals surface area contributed by atoms with Gasteiger partial charge in [-0.1, -0.05) is 6.07 Å². The molecule has 0 N–H and O–H groups in total. The predicted molar refractivity (Wildman–Crippen MR) is 102 cm³/mol. The summed E-state index contributed by atoms with van der Waals surface area (Å²) in [5.41, 5.74) is 0.0178. The van der Waals surface area contributed by atoms with Crippen LogP contribution in [0.2, 0.25) is 0 Å². The lowest BCUT2D eigenvalue weighted by Gasteiger charge is -2.13. The summed E-state index contributed by atoms with van der Waals surface area (Å²) in [7, 11) is 2.84. The average Bonchev–Trinajstić information content (AvgIpc) is 2.70. The molecule has 1 aromatic heterocycles. The molecule has 0 saturated heterocycles. The van der Waals surface area contributed by atoms with Crippen molar-refractivity contribution in [1.29, 1.82) is 0 Å². The van der Waals surface area contributed by atoms with Crippen LogP contribution in [0.15, 0.2) is 51.7 Å². The molecule has 0 aliphatic rings. The first kappa shape index (κ1) is 19.3. The van der Waals surface area contributed by atoms with Crippen molar-refractivity contribution >= 4 is 16.9 Å². The van der Waals surface area contributed by atoms with E-state index < -0.39 is 12.1 Å². The summed E-state index contributed by atoms with van der Waals surface area (Å²) in [6, 6.07) is 11.6. The molecule has 0 aliphatic heterocycles. The Morgan fingerprint density at radius 1 is 1.04 bits per heavy atom. The number of carbonyl (C=O) groups excluding carboxylic acids is 1. The van der Waals surface area contributed by atoms with Crippen LogP contribution in [0.1, 0.15) is 12.7 Å². The summed E-state index contributed by atoms with van der Waals surface area (Å²) >= 11 is 0. The summed E-state index contributed by atoms with van der Waals surface area (Å²) in [5, 5.41) is 0.335. The molecule has 0 radical (unpaired) electrons. The van der Waals surface area contributed by atoms with Crippen molar-refractivity contribution in [3.63, 3.8) is 0 Å². The smallest absolute Gasteiger partial charge is 0.346 e. The fourth-order valence-electron chi connectivity index (χ4n) is 2.66. The van der Waals surface area contributed by atoms with Crippen LogP contribution >= 0.6 is 0 Å². The van der Waals surface area contributed by atoms with Gasteiger partial charge in [-0.05, 0) is 38.1 Å². The normalized spacial score (nSPS) is 11.7. The Bertz CT molecular complexity index is 1070. The Morgan fingerprint density at radius 3 is 2.50 bits per heavy atom. The van der Waals surface area contributed by atoms with Crippen molar-refractivity contribution in [2.45, 2.75) is 20.0 Å². The number of aryl methyl sites for hydroxylation is 1. The van der Waals surface area contributed by atoms with Gasteiger partial charge in [-0.25, -0.2) is 4.79 Å². The van der Waals surface area contributed by atoms with Crippen LogP contribution in [-0.2, 0) is 9.53 Å². The molecule has 0 fully saturated rings. The van der Waals surface area contributed by atoms with Crippen molar-refractivity contribution in [1.82, 2.24) is 0 Å². The van der Waals surface area contributed by atoms with Gasteiger partial charge < -0.3 is 23.4 Å². The monoisotopic (exact) mass is 384 g/mol. The highest BCUT2D eigenvalue weighted by Gasteiger charge is 2.18. The second-order valence-corrected chi connectivity index (χ2v) is 6.04. The van der Waals surface area contributed by atoms with Gasteiger partial charge in [0.05, 0.1) is 19.6 Å². The fourth-order valence-corrected chi connectivity index (χ4v) is 2.66. The Kier molecular flexibility index (Phi) is 5.54. The van der Waals surface area contributed by atoms with Gasteiger partial charge in [0.2, 0.25) is 11.2 Å². The zero-order valence-electron chi connectivity index (χ0n) is 16.0. The third kappa shape index (κ3) is 3.93. The third-order valence-electron chi connectivity index (χ3n) is 4.09. The van der Waals surface area contributed by atoms with E-state index in [0.717, 1.165) is 0 Å². The van der Waals surface area contributed by atoms with Crippen molar-refractivity contribution in [3.8, 4) is 23.0 Å². The minimum Gasteiger partial charge on any atom is -0.497 e. The fraction of sp³-hybridized carbons (Fsp3) is 0.238. The van der Waals surface area contributed by atoms with E-state index in [0.29, 0.717) is 34.0 Å². The molecule has 3 rings (SSSR count). The molecule has 0 saturated carbocycles. The van der Waals surface area contributed by atoms with Gasteiger partial charge in [-0.3, -0.25) is 4.79 Å². The average molecular weight is 384 g/mol. The predicted octanol–water partition coefficient (Wildman–Crippen LogP) is 3.84. The zero-order valence-corrected chi connectivity index (χ0v) is 16.0. The van der Waals surface area contributed by atoms with Crippen LogP contribution in [0, 0.1) is 6.92 Å². The van der Waals surface area contributed by atoms with E-state index in [1.165, 1.54) is 7.11 Å². The number of carbonyl (C=O) groups is 1. The minimum atomic E-state index is -0.786. The molecule has 0 bridgehead atoms. The maximum absolute atomic E-state index is 12.9. The third-order valence-corrected chi connectivity index (χ3v) is 4.09. The molecule has 1 atom stereocenters. The largest absolute Gasteiger partial charge is 0.497 e. The van der Waals surface area contributed by atoms with E-state index >= 15 is 0 Å². The van der Waals surface area contributed by atoms with E-state index in [-0.39, 0.29) is 11.2 Å². The Hall–Kier alpha value is -3.48. The number of methoxy groups -OCH3 is 2. The van der Waals surface area contributed by atoms with Crippen LogP contribution in [0.25, 0.3) is 11.0 Å². The molecule has 7 nitrogen and oxygen atoms in total. The van der Waals surface area contributed by atoms with Gasteiger partial charge in [0.15, 0.2) is 6.10 Å². The molecule has 0 amide bonds. The number of fused-ring (bicyclic) bond motifs is 1. The number of rotatable bonds is 6. The van der Waals surface area contributed by atoms with Crippen LogP contribution in [-0.4, -0.2) is 26.3 Å². The first-order valence-electron chi connectivity index (χ1n) is 8.56. The lowest BCUT2D eigenvalue weighted by Crippen LogP contribution is -2.24. The lowest BCUT2D eigenvalue weighted by atomic mass is 10.2. The zero-order chi connectivity index (χ0) is 20.3. The molecule has 28 heavy (non-hydrogen) atoms. The Balaban J connectivity index is 1.95. The number of hydrogen-bond acceptors (Lipinski definition) is 7. The topological polar surface area (TPSA) is 84.2 Å². The van der Waals surface area contributed by atoms with E-state index in [4.69, 9.17) is 18.6 Å². The standard InChI is InChI=1S/C21H20O7/c1-12-20(28-15-7-5-6-14(10-15)24-3)19(22)17-9-8-16(11-18(17)27-12)26-13(2)21(23)25-4/h5-11,13H,1-4H3/t13-/m0/s1. The van der Waals surface area contributed by atoms with Gasteiger partial charge in [-0.2, -0.15) is 0 Å². The highest BCUT2D eigenvalue weighted by molar-refractivity contribution is 5.80. The summed E-state index contributed by atoms with van der Waals surface area (Å²) < 4.78 is 26.8. The molecule has 0 unspecified atom stereocenters. The molecule has 1 heterocycles. The highest BCUT2D eigenvalue weighted by atomic mass is 16.6. The number of hydrogen-bond donors (Lipinski definition) is 0. The Labute approximate surface area is 161 Å². The number of esters is 1. The molecule has 0 spiro atoms. The van der Waals surface area contributed by atoms with Crippen molar-refractivity contribution in [3.05, 3.63) is 58.4 Å². The quantitative estimate of drug-likeness (QED) is 0.597. The number of benzene rings is 2. The molecule has 146 valence electrons. The summed E-state index contributed by atoms with van der Waals surface area (Å²) in [4.78, 5) is 24.4. The second-order valence-electron chi connectivity index (χ2n) is 6.04. The van der Waals surface area contributed by atoms with E-state index in [2.05, 4.69) is 4.74 Å². The summed E-state index contributed by atoms with van der Waals surface area (Å²) in [6.07, 6.45) is -0.786.